The molecule has 136 valence electrons. The summed E-state index contributed by atoms with van der Waals surface area (Å²) in [6, 6.07) is 0. The van der Waals surface area contributed by atoms with Gasteiger partial charge in [0, 0.05) is 25.9 Å². The zero-order valence-electron chi connectivity index (χ0n) is 14.0. The third-order valence-electron chi connectivity index (χ3n) is 3.95. The van der Waals surface area contributed by atoms with Gasteiger partial charge in [-0.05, 0) is 20.8 Å². The SMILES string of the molecule is CC(C)(C)OC(=O)CN1CC2(CCN(C(=O)C(F)Cl)CC2)OC1=O. The number of nitrogens with zero attached hydrogens (tertiary/aromatic N) is 2. The summed E-state index contributed by atoms with van der Waals surface area (Å²) < 4.78 is 23.5. The molecule has 0 bridgehead atoms. The van der Waals surface area contributed by atoms with Crippen molar-refractivity contribution in [3.8, 4) is 0 Å². The molecule has 24 heavy (non-hydrogen) atoms. The van der Waals surface area contributed by atoms with E-state index in [0.717, 1.165) is 0 Å². The Morgan fingerprint density at radius 2 is 1.96 bits per heavy atom. The van der Waals surface area contributed by atoms with E-state index in [1.165, 1.54) is 9.80 Å². The van der Waals surface area contributed by atoms with Crippen LogP contribution in [-0.2, 0) is 19.1 Å². The highest BCUT2D eigenvalue weighted by Gasteiger charge is 2.48. The average Bonchev–Trinajstić information content (AvgIpc) is 2.72. The van der Waals surface area contributed by atoms with Crippen molar-refractivity contribution in [3.63, 3.8) is 0 Å². The topological polar surface area (TPSA) is 76.2 Å². The summed E-state index contributed by atoms with van der Waals surface area (Å²) in [7, 11) is 0. The molecule has 7 nitrogen and oxygen atoms in total. The van der Waals surface area contributed by atoms with E-state index in [0.29, 0.717) is 12.8 Å². The second-order valence-corrected chi connectivity index (χ2v) is 7.50. The highest BCUT2D eigenvalue weighted by Crippen LogP contribution is 2.33. The van der Waals surface area contributed by atoms with E-state index in [-0.39, 0.29) is 26.2 Å². The first-order chi connectivity index (χ1) is 11.0. The van der Waals surface area contributed by atoms with Crippen molar-refractivity contribution in [2.45, 2.75) is 50.4 Å². The van der Waals surface area contributed by atoms with Crippen LogP contribution in [0.4, 0.5) is 9.18 Å². The van der Waals surface area contributed by atoms with E-state index in [4.69, 9.17) is 21.1 Å². The quantitative estimate of drug-likeness (QED) is 0.562. The minimum atomic E-state index is -2.06. The molecule has 2 heterocycles. The van der Waals surface area contributed by atoms with Crippen LogP contribution in [-0.4, -0.2) is 70.8 Å². The van der Waals surface area contributed by atoms with Crippen molar-refractivity contribution in [2.75, 3.05) is 26.2 Å². The van der Waals surface area contributed by atoms with Gasteiger partial charge in [0.2, 0.25) is 0 Å². The number of rotatable bonds is 3. The lowest BCUT2D eigenvalue weighted by Gasteiger charge is -2.37. The molecule has 2 saturated heterocycles. The molecule has 1 atom stereocenters. The van der Waals surface area contributed by atoms with Gasteiger partial charge < -0.3 is 14.4 Å². The van der Waals surface area contributed by atoms with E-state index >= 15 is 0 Å². The first kappa shape index (κ1) is 18.8. The third kappa shape index (κ3) is 4.49. The fourth-order valence-corrected chi connectivity index (χ4v) is 3.02. The van der Waals surface area contributed by atoms with Gasteiger partial charge in [-0.25, -0.2) is 9.18 Å². The molecule has 1 spiro atoms. The fraction of sp³-hybridized carbons (Fsp3) is 0.800. The molecule has 2 fully saturated rings. The van der Waals surface area contributed by atoms with E-state index in [2.05, 4.69) is 0 Å². The summed E-state index contributed by atoms with van der Waals surface area (Å²) in [6.45, 7) is 5.80. The predicted molar refractivity (Wildman–Crippen MR) is 83.2 cm³/mol. The number of halogens is 2. The molecule has 0 aromatic carbocycles. The Morgan fingerprint density at radius 3 is 2.46 bits per heavy atom. The number of likely N-dealkylation sites (tertiary alicyclic amines) is 1. The summed E-state index contributed by atoms with van der Waals surface area (Å²) in [5, 5.41) is 0. The Kier molecular flexibility index (Phi) is 5.27. The van der Waals surface area contributed by atoms with Gasteiger partial charge in [-0.15, -0.1) is 0 Å². The van der Waals surface area contributed by atoms with Crippen molar-refractivity contribution in [3.05, 3.63) is 0 Å². The van der Waals surface area contributed by atoms with Gasteiger partial charge in [-0.2, -0.15) is 0 Å². The summed E-state index contributed by atoms with van der Waals surface area (Å²) in [5.41, 5.74) is -3.45. The monoisotopic (exact) mass is 364 g/mol. The molecular formula is C15H22ClFN2O5. The predicted octanol–water partition coefficient (Wildman–Crippen LogP) is 1.68. The van der Waals surface area contributed by atoms with E-state index in [9.17, 15) is 18.8 Å². The molecule has 1 unspecified atom stereocenters. The zero-order valence-corrected chi connectivity index (χ0v) is 14.8. The van der Waals surface area contributed by atoms with Gasteiger partial charge in [-0.1, -0.05) is 11.6 Å². The number of ether oxygens (including phenoxy) is 2. The molecule has 2 rings (SSSR count). The number of carbonyl (C=O) groups excluding carboxylic acids is 3. The molecule has 2 aliphatic rings. The molecule has 9 heteroatoms. The van der Waals surface area contributed by atoms with Gasteiger partial charge in [0.15, 0.2) is 0 Å². The van der Waals surface area contributed by atoms with Crippen molar-refractivity contribution in [1.29, 1.82) is 0 Å². The average molecular weight is 365 g/mol. The first-order valence-electron chi connectivity index (χ1n) is 7.78. The van der Waals surface area contributed by atoms with Gasteiger partial charge in [-0.3, -0.25) is 14.5 Å². The normalized spacial score (nSPS) is 21.6. The Labute approximate surface area is 145 Å². The summed E-state index contributed by atoms with van der Waals surface area (Å²) in [5.74, 6) is -1.28. The molecule has 0 aromatic heterocycles. The maximum absolute atomic E-state index is 12.9. The van der Waals surface area contributed by atoms with Crippen LogP contribution in [0.15, 0.2) is 0 Å². The number of piperidine rings is 1. The van der Waals surface area contributed by atoms with E-state index in [1.54, 1.807) is 20.8 Å². The first-order valence-corrected chi connectivity index (χ1v) is 8.22. The van der Waals surface area contributed by atoms with Crippen LogP contribution in [0.2, 0.25) is 0 Å². The largest absolute Gasteiger partial charge is 0.459 e. The Balaban J connectivity index is 1.91. The number of amides is 2. The highest BCUT2D eigenvalue weighted by molar-refractivity contribution is 6.29. The minimum absolute atomic E-state index is 0.186. The van der Waals surface area contributed by atoms with Crippen LogP contribution in [0.1, 0.15) is 33.6 Å². The van der Waals surface area contributed by atoms with Crippen LogP contribution in [0.3, 0.4) is 0 Å². The summed E-state index contributed by atoms with van der Waals surface area (Å²) in [6.07, 6.45) is 0.166. The van der Waals surface area contributed by atoms with Crippen LogP contribution in [0.25, 0.3) is 0 Å². The number of carbonyl (C=O) groups is 3. The summed E-state index contributed by atoms with van der Waals surface area (Å²) in [4.78, 5) is 38.0. The lowest BCUT2D eigenvalue weighted by molar-refractivity contribution is -0.155. The Morgan fingerprint density at radius 1 is 1.38 bits per heavy atom. The molecule has 2 aliphatic heterocycles. The summed E-state index contributed by atoms with van der Waals surface area (Å²) >= 11 is 5.17. The van der Waals surface area contributed by atoms with Gasteiger partial charge >= 0.3 is 12.1 Å². The number of alkyl halides is 2. The Hall–Kier alpha value is -1.57. The van der Waals surface area contributed by atoms with Crippen LogP contribution in [0, 0.1) is 0 Å². The fourth-order valence-electron chi connectivity index (χ4n) is 2.88. The molecular weight excluding hydrogens is 343 g/mol. The van der Waals surface area contributed by atoms with Gasteiger partial charge in [0.25, 0.3) is 11.5 Å². The standard InChI is InChI=1S/C15H22ClFN2O5/c1-14(2,3)23-10(20)8-19-9-15(24-13(19)22)4-6-18(7-5-15)12(21)11(16)17/h11H,4-9H2,1-3H3. The Bertz CT molecular complexity index is 526. The smallest absolute Gasteiger partial charge is 0.411 e. The van der Waals surface area contributed by atoms with Crippen molar-refractivity contribution in [1.82, 2.24) is 9.80 Å². The van der Waals surface area contributed by atoms with Crippen molar-refractivity contribution in [2.24, 2.45) is 0 Å². The zero-order chi connectivity index (χ0) is 18.1. The lowest BCUT2D eigenvalue weighted by atomic mass is 9.91. The maximum atomic E-state index is 12.9. The molecule has 2 amide bonds. The molecule has 0 aromatic rings. The molecule has 0 aliphatic carbocycles. The van der Waals surface area contributed by atoms with Gasteiger partial charge in [0.05, 0.1) is 6.54 Å². The van der Waals surface area contributed by atoms with Gasteiger partial charge in [0.1, 0.15) is 17.7 Å². The number of hydrogen-bond donors (Lipinski definition) is 0. The second kappa shape index (κ2) is 6.74. The van der Waals surface area contributed by atoms with Crippen LogP contribution < -0.4 is 0 Å². The second-order valence-electron chi connectivity index (χ2n) is 7.12. The highest BCUT2D eigenvalue weighted by atomic mass is 35.5. The van der Waals surface area contributed by atoms with Crippen LogP contribution in [0.5, 0.6) is 0 Å². The number of esters is 1. The van der Waals surface area contributed by atoms with E-state index in [1.807, 2.05) is 0 Å². The van der Waals surface area contributed by atoms with Crippen molar-refractivity contribution < 1.29 is 28.2 Å². The molecule has 0 saturated carbocycles. The minimum Gasteiger partial charge on any atom is -0.459 e. The lowest BCUT2D eigenvalue weighted by Crippen LogP contribution is -2.50. The van der Waals surface area contributed by atoms with Crippen molar-refractivity contribution >= 4 is 29.6 Å². The maximum Gasteiger partial charge on any atom is 0.411 e. The van der Waals surface area contributed by atoms with E-state index < -0.39 is 34.8 Å². The molecule has 0 N–H and O–H groups in total. The van der Waals surface area contributed by atoms with Crippen LogP contribution >= 0.6 is 11.6 Å². The third-order valence-corrected chi connectivity index (χ3v) is 4.14. The number of hydrogen-bond acceptors (Lipinski definition) is 5. The molecule has 0 radical (unpaired) electrons.